The summed E-state index contributed by atoms with van der Waals surface area (Å²) in [6.45, 7) is 0. The lowest BCUT2D eigenvalue weighted by Crippen LogP contribution is -2.03. The van der Waals surface area contributed by atoms with E-state index in [1.54, 1.807) is 0 Å². The molecule has 0 atom stereocenters. The zero-order valence-electron chi connectivity index (χ0n) is 7.08. The van der Waals surface area contributed by atoms with Crippen LogP contribution in [0.4, 0.5) is 14.6 Å². The molecule has 15 heavy (non-hydrogen) atoms. The minimum Gasteiger partial charge on any atom is -0.358 e. The lowest BCUT2D eigenvalue weighted by atomic mass is 10.2. The van der Waals surface area contributed by atoms with Crippen LogP contribution in [0.2, 0.25) is 0 Å². The Bertz CT molecular complexity index is 403. The number of pyridine rings is 1. The van der Waals surface area contributed by atoms with Crippen molar-refractivity contribution in [1.82, 2.24) is 4.98 Å². The molecule has 82 valence electrons. The Morgan fingerprint density at radius 1 is 1.67 bits per heavy atom. The third-order valence-corrected chi connectivity index (χ3v) is 2.95. The summed E-state index contributed by atoms with van der Waals surface area (Å²) in [5.74, 6) is -0.721. The second-order valence-electron chi connectivity index (χ2n) is 2.53. The van der Waals surface area contributed by atoms with Gasteiger partial charge in [0.2, 0.25) is 0 Å². The Hall–Kier alpha value is -0.570. The predicted octanol–water partition coefficient (Wildman–Crippen LogP) is 3.27. The van der Waals surface area contributed by atoms with Crippen LogP contribution in [-0.2, 0) is 5.88 Å². The van der Waals surface area contributed by atoms with E-state index < -0.39 is 22.7 Å². The predicted molar refractivity (Wildman–Crippen MR) is 58.1 cm³/mol. The van der Waals surface area contributed by atoms with Gasteiger partial charge >= 0.3 is 5.82 Å². The molecule has 0 unspecified atom stereocenters. The first kappa shape index (κ1) is 12.5. The van der Waals surface area contributed by atoms with Crippen molar-refractivity contribution in [2.45, 2.75) is 12.3 Å². The van der Waals surface area contributed by atoms with Gasteiger partial charge in [0, 0.05) is 5.56 Å². The molecule has 1 aromatic rings. The smallest absolute Gasteiger partial charge is 0.358 e. The molecule has 4 nitrogen and oxygen atoms in total. The van der Waals surface area contributed by atoms with Crippen molar-refractivity contribution in [2.24, 2.45) is 0 Å². The van der Waals surface area contributed by atoms with Crippen LogP contribution in [0, 0.1) is 13.7 Å². The molecule has 8 heteroatoms. The first-order valence-corrected chi connectivity index (χ1v) is 5.26. The van der Waals surface area contributed by atoms with Crippen LogP contribution in [0.1, 0.15) is 17.7 Å². The zero-order chi connectivity index (χ0) is 11.6. The van der Waals surface area contributed by atoms with E-state index in [4.69, 9.17) is 11.6 Å². The standard InChI is InChI=1S/C7H4ClF2IN2O2/c8-2-3-1-4(6(9)10)5(11)7(12-3)13(14)15/h1,6H,2H2. The van der Waals surface area contributed by atoms with Crippen molar-refractivity contribution in [3.63, 3.8) is 0 Å². The van der Waals surface area contributed by atoms with Gasteiger partial charge in [0.15, 0.2) is 5.69 Å². The van der Waals surface area contributed by atoms with Gasteiger partial charge in [0.05, 0.1) is 5.88 Å². The molecule has 0 N–H and O–H groups in total. The summed E-state index contributed by atoms with van der Waals surface area (Å²) in [5.41, 5.74) is -0.341. The molecule has 0 aliphatic heterocycles. The number of nitro groups is 1. The SMILES string of the molecule is O=[N+]([O-])c1nc(CCl)cc(C(F)F)c1I. The fourth-order valence-electron chi connectivity index (χ4n) is 0.938. The molecule has 1 rings (SSSR count). The zero-order valence-corrected chi connectivity index (χ0v) is 10.00. The summed E-state index contributed by atoms with van der Waals surface area (Å²) < 4.78 is 24.8. The second-order valence-corrected chi connectivity index (χ2v) is 3.88. The van der Waals surface area contributed by atoms with Crippen LogP contribution in [0.3, 0.4) is 0 Å². The highest BCUT2D eigenvalue weighted by molar-refractivity contribution is 14.1. The molecule has 0 spiro atoms. The fraction of sp³-hybridized carbons (Fsp3) is 0.286. The molecule has 0 aliphatic rings. The third-order valence-electron chi connectivity index (χ3n) is 1.57. The van der Waals surface area contributed by atoms with Gasteiger partial charge in [-0.25, -0.2) is 8.78 Å². The summed E-state index contributed by atoms with van der Waals surface area (Å²) in [6.07, 6.45) is -2.78. The lowest BCUT2D eigenvalue weighted by molar-refractivity contribution is -0.390. The van der Waals surface area contributed by atoms with Gasteiger partial charge in [0.25, 0.3) is 6.43 Å². The normalized spacial score (nSPS) is 10.7. The van der Waals surface area contributed by atoms with Crippen molar-refractivity contribution in [3.8, 4) is 0 Å². The van der Waals surface area contributed by atoms with Gasteiger partial charge in [-0.1, -0.05) is 0 Å². The minimum absolute atomic E-state index is 0.0686. The maximum absolute atomic E-state index is 12.5. The average molecular weight is 348 g/mol. The molecule has 0 bridgehead atoms. The van der Waals surface area contributed by atoms with Crippen LogP contribution in [-0.4, -0.2) is 9.91 Å². The molecular weight excluding hydrogens is 344 g/mol. The quantitative estimate of drug-likeness (QED) is 0.365. The maximum Gasteiger partial charge on any atom is 0.377 e. The summed E-state index contributed by atoms with van der Waals surface area (Å²) in [5, 5.41) is 10.5. The Morgan fingerprint density at radius 2 is 2.27 bits per heavy atom. The molecular formula is C7H4ClF2IN2O2. The van der Waals surface area contributed by atoms with E-state index in [1.807, 2.05) is 0 Å². The highest BCUT2D eigenvalue weighted by Gasteiger charge is 2.24. The summed E-state index contributed by atoms with van der Waals surface area (Å²) >= 11 is 6.88. The van der Waals surface area contributed by atoms with E-state index in [1.165, 1.54) is 22.6 Å². The number of alkyl halides is 3. The van der Waals surface area contributed by atoms with Crippen molar-refractivity contribution < 1.29 is 13.7 Å². The first-order valence-electron chi connectivity index (χ1n) is 3.65. The van der Waals surface area contributed by atoms with Crippen LogP contribution >= 0.6 is 34.2 Å². The number of hydrogen-bond donors (Lipinski definition) is 0. The topological polar surface area (TPSA) is 56.0 Å². The Kier molecular flexibility index (Phi) is 4.14. The Morgan fingerprint density at radius 3 is 2.67 bits per heavy atom. The number of rotatable bonds is 3. The van der Waals surface area contributed by atoms with Crippen LogP contribution < -0.4 is 0 Å². The summed E-state index contributed by atoms with van der Waals surface area (Å²) in [7, 11) is 0. The highest BCUT2D eigenvalue weighted by Crippen LogP contribution is 2.30. The minimum atomic E-state index is -2.78. The van der Waals surface area contributed by atoms with Crippen molar-refractivity contribution >= 4 is 40.0 Å². The van der Waals surface area contributed by atoms with E-state index in [2.05, 4.69) is 4.98 Å². The van der Waals surface area contributed by atoms with Gasteiger partial charge in [0.1, 0.15) is 3.57 Å². The molecule has 0 radical (unpaired) electrons. The van der Waals surface area contributed by atoms with Gasteiger partial charge in [-0.3, -0.25) is 0 Å². The van der Waals surface area contributed by atoms with Gasteiger partial charge in [-0.2, -0.15) is 0 Å². The first-order chi connectivity index (χ1) is 6.97. The molecule has 1 aromatic heterocycles. The molecule has 0 saturated carbocycles. The van der Waals surface area contributed by atoms with Crippen LogP contribution in [0.15, 0.2) is 6.07 Å². The fourth-order valence-corrected chi connectivity index (χ4v) is 1.78. The molecule has 0 amide bonds. The van der Waals surface area contributed by atoms with Crippen LogP contribution in [0.25, 0.3) is 0 Å². The van der Waals surface area contributed by atoms with Crippen molar-refractivity contribution in [1.29, 1.82) is 0 Å². The van der Waals surface area contributed by atoms with E-state index in [-0.39, 0.29) is 15.1 Å². The van der Waals surface area contributed by atoms with Gasteiger partial charge in [-0.05, 0) is 38.6 Å². The Labute approximate surface area is 102 Å². The summed E-state index contributed by atoms with van der Waals surface area (Å²) in [6, 6.07) is 1.08. The molecule has 0 aliphatic carbocycles. The number of halogens is 4. The number of aromatic nitrogens is 1. The molecule has 0 saturated heterocycles. The van der Waals surface area contributed by atoms with E-state index >= 15 is 0 Å². The van der Waals surface area contributed by atoms with Crippen molar-refractivity contribution in [3.05, 3.63) is 31.0 Å². The Balaban J connectivity index is 3.40. The monoisotopic (exact) mass is 348 g/mol. The third kappa shape index (κ3) is 2.71. The lowest BCUT2D eigenvalue weighted by Gasteiger charge is -2.04. The maximum atomic E-state index is 12.5. The van der Waals surface area contributed by atoms with E-state index in [9.17, 15) is 18.9 Å². The molecule has 0 aromatic carbocycles. The van der Waals surface area contributed by atoms with Crippen molar-refractivity contribution in [2.75, 3.05) is 0 Å². The van der Waals surface area contributed by atoms with Gasteiger partial charge in [-0.15, -0.1) is 11.6 Å². The largest absolute Gasteiger partial charge is 0.377 e. The number of nitrogens with zero attached hydrogens (tertiary/aromatic N) is 2. The highest BCUT2D eigenvalue weighted by atomic mass is 127. The average Bonchev–Trinajstić information content (AvgIpc) is 2.17. The van der Waals surface area contributed by atoms with Crippen LogP contribution in [0.5, 0.6) is 0 Å². The molecule has 1 heterocycles. The second kappa shape index (κ2) is 4.97. The van der Waals surface area contributed by atoms with E-state index in [0.717, 1.165) is 6.07 Å². The molecule has 0 fully saturated rings. The summed E-state index contributed by atoms with van der Waals surface area (Å²) in [4.78, 5) is 13.3. The number of hydrogen-bond acceptors (Lipinski definition) is 3. The van der Waals surface area contributed by atoms with E-state index in [0.29, 0.717) is 0 Å². The van der Waals surface area contributed by atoms with Gasteiger partial charge < -0.3 is 10.1 Å².